The first kappa shape index (κ1) is 22.3. The highest BCUT2D eigenvalue weighted by molar-refractivity contribution is 5.99. The Balaban J connectivity index is 2.96. The van der Waals surface area contributed by atoms with Crippen molar-refractivity contribution in [2.45, 2.75) is 59.3 Å². The van der Waals surface area contributed by atoms with Gasteiger partial charge in [-0.1, -0.05) is 12.1 Å². The Labute approximate surface area is 160 Å². The zero-order valence-electron chi connectivity index (χ0n) is 17.0. The van der Waals surface area contributed by atoms with Crippen LogP contribution in [0.5, 0.6) is 5.75 Å². The summed E-state index contributed by atoms with van der Waals surface area (Å²) in [5, 5.41) is 10.4. The normalized spacial score (nSPS) is 11.4. The van der Waals surface area contributed by atoms with Crippen molar-refractivity contribution in [3.8, 4) is 5.75 Å². The fourth-order valence-electron chi connectivity index (χ4n) is 1.93. The summed E-state index contributed by atoms with van der Waals surface area (Å²) in [6, 6.07) is 7.01. The Morgan fingerprint density at radius 1 is 1.00 bits per heavy atom. The summed E-state index contributed by atoms with van der Waals surface area (Å²) in [5.41, 5.74) is -0.740. The van der Waals surface area contributed by atoms with E-state index in [-0.39, 0.29) is 6.54 Å². The van der Waals surface area contributed by atoms with Crippen LogP contribution in [-0.2, 0) is 16.0 Å². The smallest absolute Gasteiger partial charge is 0.417 e. The Morgan fingerprint density at radius 2 is 1.52 bits per heavy atom. The number of alkyl carbamates (subject to hydrolysis) is 1. The van der Waals surface area contributed by atoms with E-state index in [1.807, 2.05) is 0 Å². The highest BCUT2D eigenvalue weighted by Gasteiger charge is 2.27. The maximum absolute atomic E-state index is 12.5. The van der Waals surface area contributed by atoms with E-state index in [1.54, 1.807) is 72.9 Å². The third-order valence-corrected chi connectivity index (χ3v) is 3.00. The number of carbonyl (C=O) groups is 2. The zero-order valence-corrected chi connectivity index (χ0v) is 17.0. The van der Waals surface area contributed by atoms with Crippen molar-refractivity contribution < 1.29 is 23.8 Å². The molecule has 0 bridgehead atoms. The Bertz CT molecular complexity index is 672. The molecule has 0 aliphatic carbocycles. The van der Waals surface area contributed by atoms with Gasteiger partial charge in [-0.2, -0.15) is 0 Å². The lowest BCUT2D eigenvalue weighted by Crippen LogP contribution is -2.49. The van der Waals surface area contributed by atoms with Gasteiger partial charge in [0.25, 0.3) is 0 Å². The van der Waals surface area contributed by atoms with Gasteiger partial charge in [0.15, 0.2) is 0 Å². The van der Waals surface area contributed by atoms with Gasteiger partial charge in [-0.3, -0.25) is 10.7 Å². The number of hydrogen-bond acceptors (Lipinski definition) is 6. The summed E-state index contributed by atoms with van der Waals surface area (Å²) in [6.45, 7) is 10.3. The summed E-state index contributed by atoms with van der Waals surface area (Å²) < 4.78 is 15.6. The van der Waals surface area contributed by atoms with E-state index in [4.69, 9.17) is 19.6 Å². The first-order valence-electron chi connectivity index (χ1n) is 8.53. The number of nitrogens with zero attached hydrogens (tertiary/aromatic N) is 1. The number of rotatable bonds is 3. The van der Waals surface area contributed by atoms with Crippen LogP contribution >= 0.6 is 0 Å². The molecule has 0 unspecified atom stereocenters. The number of carbonyl (C=O) groups excluding carboxylic acids is 2. The van der Waals surface area contributed by atoms with Crippen LogP contribution in [0.2, 0.25) is 0 Å². The van der Waals surface area contributed by atoms with Crippen LogP contribution in [0.3, 0.4) is 0 Å². The monoisotopic (exact) mass is 379 g/mol. The van der Waals surface area contributed by atoms with Crippen LogP contribution < -0.4 is 10.1 Å². The van der Waals surface area contributed by atoms with Gasteiger partial charge in [0, 0.05) is 0 Å². The van der Waals surface area contributed by atoms with E-state index in [2.05, 4.69) is 5.32 Å². The quantitative estimate of drug-likeness (QED) is 0.613. The Hall–Kier alpha value is -2.77. The number of guanidine groups is 1. The fraction of sp³-hybridized carbons (Fsp3) is 0.526. The molecule has 1 aromatic rings. The molecule has 1 rings (SSSR count). The molecule has 0 fully saturated rings. The third kappa shape index (κ3) is 8.44. The molecule has 0 saturated carbocycles. The van der Waals surface area contributed by atoms with E-state index < -0.39 is 29.3 Å². The summed E-state index contributed by atoms with van der Waals surface area (Å²) in [5.74, 6) is 0.235. The molecule has 0 radical (unpaired) electrons. The van der Waals surface area contributed by atoms with E-state index in [9.17, 15) is 9.59 Å². The highest BCUT2D eigenvalue weighted by Crippen LogP contribution is 2.16. The summed E-state index contributed by atoms with van der Waals surface area (Å²) in [7, 11) is 1.56. The van der Waals surface area contributed by atoms with Crippen molar-refractivity contribution in [3.05, 3.63) is 29.8 Å². The van der Waals surface area contributed by atoms with Crippen molar-refractivity contribution in [1.29, 1.82) is 5.41 Å². The van der Waals surface area contributed by atoms with Crippen LogP contribution in [-0.4, -0.2) is 41.4 Å². The van der Waals surface area contributed by atoms with E-state index in [0.717, 1.165) is 10.5 Å². The molecule has 0 heterocycles. The van der Waals surface area contributed by atoms with Gasteiger partial charge in [0.2, 0.25) is 5.96 Å². The van der Waals surface area contributed by atoms with Crippen LogP contribution in [0, 0.1) is 5.41 Å². The number of benzene rings is 1. The Kier molecular flexibility index (Phi) is 7.21. The van der Waals surface area contributed by atoms with Crippen LogP contribution in [0.1, 0.15) is 47.1 Å². The molecule has 0 spiro atoms. The van der Waals surface area contributed by atoms with E-state index in [1.165, 1.54) is 0 Å². The number of nitrogens with one attached hydrogen (secondary N) is 2. The second kappa shape index (κ2) is 8.75. The molecular weight excluding hydrogens is 350 g/mol. The summed E-state index contributed by atoms with van der Waals surface area (Å²) in [6.07, 6.45) is -1.57. The van der Waals surface area contributed by atoms with Gasteiger partial charge < -0.3 is 14.2 Å². The van der Waals surface area contributed by atoms with Gasteiger partial charge in [-0.25, -0.2) is 14.5 Å². The maximum Gasteiger partial charge on any atom is 0.417 e. The summed E-state index contributed by atoms with van der Waals surface area (Å²) >= 11 is 0. The van der Waals surface area contributed by atoms with Gasteiger partial charge in [-0.15, -0.1) is 0 Å². The third-order valence-electron chi connectivity index (χ3n) is 3.00. The molecule has 0 atom stereocenters. The van der Waals surface area contributed by atoms with E-state index >= 15 is 0 Å². The molecule has 1 aromatic carbocycles. The minimum atomic E-state index is -0.823. The molecule has 2 N–H and O–H groups in total. The second-order valence-corrected chi connectivity index (χ2v) is 7.89. The Morgan fingerprint density at radius 3 is 1.96 bits per heavy atom. The number of amides is 2. The first-order valence-corrected chi connectivity index (χ1v) is 8.53. The second-order valence-electron chi connectivity index (χ2n) is 7.89. The van der Waals surface area contributed by atoms with Crippen molar-refractivity contribution in [2.24, 2.45) is 0 Å². The van der Waals surface area contributed by atoms with Gasteiger partial charge in [0.05, 0.1) is 13.7 Å². The molecule has 0 aliphatic heterocycles. The largest absolute Gasteiger partial charge is 0.497 e. The molecular formula is C19H29N3O5. The van der Waals surface area contributed by atoms with Gasteiger partial charge in [-0.05, 0) is 59.2 Å². The number of hydrogen-bond donors (Lipinski definition) is 2. The SMILES string of the molecule is COc1ccc(CN(C(=N)NC(=O)OC(C)(C)C)C(=O)OC(C)(C)C)cc1. The predicted molar refractivity (Wildman–Crippen MR) is 102 cm³/mol. The number of ether oxygens (including phenoxy) is 3. The van der Waals surface area contributed by atoms with Crippen molar-refractivity contribution in [1.82, 2.24) is 10.2 Å². The average molecular weight is 379 g/mol. The predicted octanol–water partition coefficient (Wildman–Crippen LogP) is 3.89. The lowest BCUT2D eigenvalue weighted by Gasteiger charge is -2.28. The van der Waals surface area contributed by atoms with Crippen LogP contribution in [0.25, 0.3) is 0 Å². The molecule has 150 valence electrons. The highest BCUT2D eigenvalue weighted by atomic mass is 16.6. The van der Waals surface area contributed by atoms with Crippen LogP contribution in [0.15, 0.2) is 24.3 Å². The van der Waals surface area contributed by atoms with Gasteiger partial charge >= 0.3 is 12.2 Å². The first-order chi connectivity index (χ1) is 12.3. The van der Waals surface area contributed by atoms with E-state index in [0.29, 0.717) is 5.75 Å². The minimum absolute atomic E-state index is 0.0353. The van der Waals surface area contributed by atoms with Crippen LogP contribution in [0.4, 0.5) is 9.59 Å². The molecule has 8 heteroatoms. The van der Waals surface area contributed by atoms with Crippen molar-refractivity contribution in [2.75, 3.05) is 7.11 Å². The lowest BCUT2D eigenvalue weighted by molar-refractivity contribution is 0.0346. The van der Waals surface area contributed by atoms with Crippen molar-refractivity contribution >= 4 is 18.1 Å². The zero-order chi connectivity index (χ0) is 20.8. The average Bonchev–Trinajstić information content (AvgIpc) is 2.49. The molecule has 8 nitrogen and oxygen atoms in total. The molecule has 0 aromatic heterocycles. The van der Waals surface area contributed by atoms with Gasteiger partial charge in [0.1, 0.15) is 17.0 Å². The molecule has 27 heavy (non-hydrogen) atoms. The topological polar surface area (TPSA) is 101 Å². The lowest BCUT2D eigenvalue weighted by atomic mass is 10.2. The molecule has 2 amide bonds. The molecule has 0 saturated heterocycles. The minimum Gasteiger partial charge on any atom is -0.497 e. The standard InChI is InChI=1S/C19H29N3O5/c1-18(2,3)26-16(23)21-15(20)22(17(24)27-19(4,5)6)12-13-8-10-14(25-7)11-9-13/h8-11H,12H2,1-7H3,(H2,20,21,23). The molecule has 0 aliphatic rings. The number of methoxy groups -OCH3 is 1. The maximum atomic E-state index is 12.5. The van der Waals surface area contributed by atoms with Crippen molar-refractivity contribution in [3.63, 3.8) is 0 Å². The summed E-state index contributed by atoms with van der Waals surface area (Å²) in [4.78, 5) is 25.5. The fourth-order valence-corrected chi connectivity index (χ4v) is 1.93.